The third-order valence-electron chi connectivity index (χ3n) is 1.11. The molecule has 5 heteroatoms. The van der Waals surface area contributed by atoms with Gasteiger partial charge in [-0.25, -0.2) is 4.99 Å². The molecule has 0 aromatic carbocycles. The van der Waals surface area contributed by atoms with Gasteiger partial charge in [0.15, 0.2) is 4.99 Å². The Bertz CT molecular complexity index is 305. The van der Waals surface area contributed by atoms with Gasteiger partial charge in [0.2, 0.25) is 10.3 Å². The van der Waals surface area contributed by atoms with E-state index in [4.69, 9.17) is 0 Å². The second-order valence-corrected chi connectivity index (χ2v) is 2.71. The standard InChI is InChI=1S/C5H6N2O2S/c1-4-5(10(8)9)7-3-2-6-4/h2-4H,1H3. The summed E-state index contributed by atoms with van der Waals surface area (Å²) in [6.45, 7) is 1.68. The molecule has 1 atom stereocenters. The number of nitrogens with zero attached hydrogens (tertiary/aromatic N) is 2. The molecular weight excluding hydrogens is 152 g/mol. The average molecular weight is 158 g/mol. The lowest BCUT2D eigenvalue weighted by Gasteiger charge is -2.03. The van der Waals surface area contributed by atoms with Crippen molar-refractivity contribution >= 4 is 27.7 Å². The van der Waals surface area contributed by atoms with E-state index in [0.717, 1.165) is 0 Å². The van der Waals surface area contributed by atoms with E-state index < -0.39 is 10.3 Å². The number of hydrogen-bond acceptors (Lipinski definition) is 3. The first kappa shape index (κ1) is 7.14. The van der Waals surface area contributed by atoms with Gasteiger partial charge in [-0.05, 0) is 6.92 Å². The maximum absolute atomic E-state index is 10.3. The van der Waals surface area contributed by atoms with Gasteiger partial charge in [0.25, 0.3) is 0 Å². The van der Waals surface area contributed by atoms with E-state index in [1.807, 2.05) is 0 Å². The van der Waals surface area contributed by atoms with Gasteiger partial charge in [-0.1, -0.05) is 0 Å². The second kappa shape index (κ2) is 2.74. The van der Waals surface area contributed by atoms with Crippen molar-refractivity contribution in [2.75, 3.05) is 0 Å². The lowest BCUT2D eigenvalue weighted by atomic mass is 10.3. The summed E-state index contributed by atoms with van der Waals surface area (Å²) in [6.07, 6.45) is 2.85. The van der Waals surface area contributed by atoms with Gasteiger partial charge in [-0.15, -0.1) is 0 Å². The highest BCUT2D eigenvalue weighted by Gasteiger charge is 2.09. The lowest BCUT2D eigenvalue weighted by molar-refractivity contribution is 0.626. The number of rotatable bonds is 0. The van der Waals surface area contributed by atoms with E-state index in [1.165, 1.54) is 12.4 Å². The van der Waals surface area contributed by atoms with Gasteiger partial charge >= 0.3 is 0 Å². The zero-order chi connectivity index (χ0) is 7.56. The third kappa shape index (κ3) is 1.30. The Labute approximate surface area is 59.8 Å². The second-order valence-electron chi connectivity index (χ2n) is 1.83. The van der Waals surface area contributed by atoms with Crippen LogP contribution in [0.15, 0.2) is 9.98 Å². The Morgan fingerprint density at radius 2 is 2.20 bits per heavy atom. The summed E-state index contributed by atoms with van der Waals surface area (Å²) in [5.41, 5.74) is 0. The van der Waals surface area contributed by atoms with Gasteiger partial charge in [0.05, 0.1) is 0 Å². The van der Waals surface area contributed by atoms with Crippen molar-refractivity contribution in [1.29, 1.82) is 0 Å². The SMILES string of the molecule is CC1N=CC=NC1=S(=O)=O. The molecule has 1 aliphatic heterocycles. The van der Waals surface area contributed by atoms with Crippen LogP contribution in [0.2, 0.25) is 0 Å². The molecule has 0 radical (unpaired) electrons. The van der Waals surface area contributed by atoms with Crippen LogP contribution in [0.4, 0.5) is 0 Å². The summed E-state index contributed by atoms with van der Waals surface area (Å²) in [6, 6.07) is -0.330. The van der Waals surface area contributed by atoms with Crippen molar-refractivity contribution in [2.45, 2.75) is 13.0 Å². The zero-order valence-corrected chi connectivity index (χ0v) is 6.17. The van der Waals surface area contributed by atoms with Crippen molar-refractivity contribution in [2.24, 2.45) is 9.98 Å². The van der Waals surface area contributed by atoms with E-state index >= 15 is 0 Å². The van der Waals surface area contributed by atoms with Crippen LogP contribution in [-0.4, -0.2) is 31.9 Å². The van der Waals surface area contributed by atoms with E-state index in [-0.39, 0.29) is 11.0 Å². The Morgan fingerprint density at radius 3 is 2.60 bits per heavy atom. The van der Waals surface area contributed by atoms with Crippen LogP contribution in [0.1, 0.15) is 6.92 Å². The number of aliphatic imine (C=N–C) groups is 2. The van der Waals surface area contributed by atoms with E-state index in [0.29, 0.717) is 0 Å². The van der Waals surface area contributed by atoms with Gasteiger partial charge in [0.1, 0.15) is 6.04 Å². The maximum Gasteiger partial charge on any atom is 0.238 e. The van der Waals surface area contributed by atoms with Crippen molar-refractivity contribution < 1.29 is 8.42 Å². The molecule has 0 N–H and O–H groups in total. The summed E-state index contributed by atoms with van der Waals surface area (Å²) in [4.78, 5) is 7.57. The Kier molecular flexibility index (Phi) is 1.96. The molecule has 4 nitrogen and oxygen atoms in total. The molecule has 10 heavy (non-hydrogen) atoms. The van der Waals surface area contributed by atoms with Crippen molar-refractivity contribution in [1.82, 2.24) is 0 Å². The molecule has 1 rings (SSSR count). The first-order valence-electron chi connectivity index (χ1n) is 2.74. The predicted molar refractivity (Wildman–Crippen MR) is 40.4 cm³/mol. The Hall–Kier alpha value is -0.970. The summed E-state index contributed by atoms with van der Waals surface area (Å²) in [7, 11) is -2.23. The Balaban J connectivity index is 3.15. The molecule has 0 aromatic heterocycles. The highest BCUT2D eigenvalue weighted by molar-refractivity contribution is 7.73. The molecule has 0 bridgehead atoms. The number of hydrogen-bond donors (Lipinski definition) is 0. The molecular formula is C5H6N2O2S. The fraction of sp³-hybridized carbons (Fsp3) is 0.400. The molecule has 0 fully saturated rings. The normalized spacial score (nSPS) is 23.3. The molecule has 0 spiro atoms. The average Bonchev–Trinajstić information content (AvgIpc) is 1.88. The van der Waals surface area contributed by atoms with E-state index in [2.05, 4.69) is 9.98 Å². The highest BCUT2D eigenvalue weighted by atomic mass is 32.2. The van der Waals surface area contributed by atoms with Crippen LogP contribution in [0.3, 0.4) is 0 Å². The van der Waals surface area contributed by atoms with Gasteiger partial charge in [-0.2, -0.15) is 8.42 Å². The van der Waals surface area contributed by atoms with Gasteiger partial charge < -0.3 is 0 Å². The first-order valence-corrected chi connectivity index (χ1v) is 3.81. The summed E-state index contributed by atoms with van der Waals surface area (Å²) in [5, 5.41) is 0. The topological polar surface area (TPSA) is 58.9 Å². The van der Waals surface area contributed by atoms with Crippen LogP contribution in [0.25, 0.3) is 0 Å². The largest absolute Gasteiger partial charge is 0.281 e. The summed E-state index contributed by atoms with van der Waals surface area (Å²) >= 11 is 0. The van der Waals surface area contributed by atoms with Crippen molar-refractivity contribution in [3.8, 4) is 0 Å². The Morgan fingerprint density at radius 1 is 1.50 bits per heavy atom. The van der Waals surface area contributed by atoms with Crippen molar-refractivity contribution in [3.63, 3.8) is 0 Å². The zero-order valence-electron chi connectivity index (χ0n) is 5.35. The molecule has 1 aliphatic rings. The minimum absolute atomic E-state index is 0.0995. The molecule has 1 heterocycles. The third-order valence-corrected chi connectivity index (χ3v) is 1.89. The predicted octanol–water partition coefficient (Wildman–Crippen LogP) is -0.461. The van der Waals surface area contributed by atoms with Gasteiger partial charge in [-0.3, -0.25) is 4.99 Å². The monoisotopic (exact) mass is 158 g/mol. The molecule has 0 aliphatic carbocycles. The van der Waals surface area contributed by atoms with Crippen LogP contribution < -0.4 is 0 Å². The van der Waals surface area contributed by atoms with Gasteiger partial charge in [0, 0.05) is 12.4 Å². The molecule has 0 saturated carbocycles. The molecule has 0 amide bonds. The lowest BCUT2D eigenvalue weighted by Crippen LogP contribution is -2.17. The molecule has 0 saturated heterocycles. The first-order chi connectivity index (χ1) is 4.72. The highest BCUT2D eigenvalue weighted by Crippen LogP contribution is 1.95. The fourth-order valence-corrected chi connectivity index (χ4v) is 1.11. The maximum atomic E-state index is 10.3. The van der Waals surface area contributed by atoms with Crippen LogP contribution >= 0.6 is 0 Å². The summed E-state index contributed by atoms with van der Waals surface area (Å²) < 4.78 is 20.7. The summed E-state index contributed by atoms with van der Waals surface area (Å²) in [5.74, 6) is 0. The minimum Gasteiger partial charge on any atom is -0.281 e. The smallest absolute Gasteiger partial charge is 0.238 e. The molecule has 54 valence electrons. The molecule has 0 aromatic rings. The quantitative estimate of drug-likeness (QED) is 0.448. The van der Waals surface area contributed by atoms with Crippen LogP contribution in [0, 0.1) is 0 Å². The van der Waals surface area contributed by atoms with Crippen molar-refractivity contribution in [3.05, 3.63) is 0 Å². The van der Waals surface area contributed by atoms with E-state index in [1.54, 1.807) is 6.92 Å². The van der Waals surface area contributed by atoms with E-state index in [9.17, 15) is 8.42 Å². The van der Waals surface area contributed by atoms with Crippen LogP contribution in [-0.2, 0) is 10.3 Å². The minimum atomic E-state index is -2.23. The molecule has 1 unspecified atom stereocenters. The fourth-order valence-electron chi connectivity index (χ4n) is 0.628. The van der Waals surface area contributed by atoms with Crippen LogP contribution in [0.5, 0.6) is 0 Å².